The fraction of sp³-hybridized carbons (Fsp3) is 0.409. The summed E-state index contributed by atoms with van der Waals surface area (Å²) in [5.41, 5.74) is 1.02. The summed E-state index contributed by atoms with van der Waals surface area (Å²) in [7, 11) is 0. The Kier molecular flexibility index (Phi) is 7.29. The number of anilines is 1. The summed E-state index contributed by atoms with van der Waals surface area (Å²) in [5, 5.41) is 12.6. The van der Waals surface area contributed by atoms with Crippen LogP contribution in [0.25, 0.3) is 0 Å². The average Bonchev–Trinajstić information content (AvgIpc) is 3.49. The van der Waals surface area contributed by atoms with Crippen LogP contribution in [0.3, 0.4) is 0 Å². The lowest BCUT2D eigenvalue weighted by Crippen LogP contribution is -2.37. The van der Waals surface area contributed by atoms with E-state index in [1.54, 1.807) is 5.38 Å². The van der Waals surface area contributed by atoms with Crippen molar-refractivity contribution < 1.29 is 14.3 Å². The lowest BCUT2D eigenvalue weighted by atomic mass is 9.97. The highest BCUT2D eigenvalue weighted by molar-refractivity contribution is 7.98. The lowest BCUT2D eigenvalue weighted by molar-refractivity contribution is 0.0713. The Bertz CT molecular complexity index is 1100. The van der Waals surface area contributed by atoms with Crippen LogP contribution < -0.4 is 10.1 Å². The van der Waals surface area contributed by atoms with E-state index in [2.05, 4.69) is 25.5 Å². The number of carbonyl (C=O) groups excluding carboxylic acids is 2. The van der Waals surface area contributed by atoms with Crippen molar-refractivity contribution in [2.24, 2.45) is 0 Å². The molecule has 0 spiro atoms. The zero-order valence-electron chi connectivity index (χ0n) is 18.7. The number of aromatic nitrogens is 4. The van der Waals surface area contributed by atoms with E-state index in [1.165, 1.54) is 23.1 Å². The zero-order chi connectivity index (χ0) is 23.4. The number of hydrogen-bond donors (Lipinski definition) is 2. The number of rotatable bonds is 7. The molecule has 0 atom stereocenters. The summed E-state index contributed by atoms with van der Waals surface area (Å²) in [4.78, 5) is 35.9. The topological polar surface area (TPSA) is 113 Å². The first-order valence-electron chi connectivity index (χ1n) is 10.7. The van der Waals surface area contributed by atoms with E-state index in [4.69, 9.17) is 4.74 Å². The number of nitrogens with one attached hydrogen (secondary N) is 2. The van der Waals surface area contributed by atoms with Crippen molar-refractivity contribution in [1.29, 1.82) is 0 Å². The SMILES string of the molecule is CSc1n[nH]c(NC(=O)c2csc(C3CCN(C(=O)c4ccc(OC(C)C)cc4)CC3)n2)n1. The first kappa shape index (κ1) is 23.2. The summed E-state index contributed by atoms with van der Waals surface area (Å²) < 4.78 is 5.65. The molecule has 0 aliphatic carbocycles. The second-order valence-corrected chi connectivity index (χ2v) is 9.62. The normalized spacial score (nSPS) is 14.5. The Labute approximate surface area is 200 Å². The second kappa shape index (κ2) is 10.3. The molecule has 9 nitrogen and oxygen atoms in total. The number of aromatic amines is 1. The van der Waals surface area contributed by atoms with Crippen LogP contribution in [0.2, 0.25) is 0 Å². The Balaban J connectivity index is 1.31. The van der Waals surface area contributed by atoms with Gasteiger partial charge in [-0.05, 0) is 57.2 Å². The minimum Gasteiger partial charge on any atom is -0.491 e. The third-order valence-corrected chi connectivity index (χ3v) is 6.79. The van der Waals surface area contributed by atoms with Crippen molar-refractivity contribution in [3.05, 3.63) is 45.9 Å². The molecule has 174 valence electrons. The molecule has 1 saturated heterocycles. The van der Waals surface area contributed by atoms with Crippen LogP contribution in [-0.4, -0.2) is 62.3 Å². The summed E-state index contributed by atoms with van der Waals surface area (Å²) >= 11 is 2.86. The van der Waals surface area contributed by atoms with Crippen molar-refractivity contribution in [3.63, 3.8) is 0 Å². The minimum absolute atomic E-state index is 0.0282. The number of thioether (sulfide) groups is 1. The summed E-state index contributed by atoms with van der Waals surface area (Å²) in [6.45, 7) is 5.26. The number of benzene rings is 1. The molecule has 0 radical (unpaired) electrons. The van der Waals surface area contributed by atoms with Crippen LogP contribution in [0, 0.1) is 0 Å². The van der Waals surface area contributed by atoms with Crippen molar-refractivity contribution >= 4 is 40.9 Å². The van der Waals surface area contributed by atoms with E-state index >= 15 is 0 Å². The Morgan fingerprint density at radius 2 is 1.94 bits per heavy atom. The molecule has 1 aliphatic heterocycles. The molecule has 2 N–H and O–H groups in total. The van der Waals surface area contributed by atoms with Gasteiger partial charge in [0.25, 0.3) is 11.8 Å². The number of carbonyl (C=O) groups is 2. The number of hydrogen-bond acceptors (Lipinski definition) is 8. The van der Waals surface area contributed by atoms with Gasteiger partial charge in [0.15, 0.2) is 0 Å². The molecule has 11 heteroatoms. The molecular formula is C22H26N6O3S2. The summed E-state index contributed by atoms with van der Waals surface area (Å²) in [6.07, 6.45) is 3.58. The largest absolute Gasteiger partial charge is 0.491 e. The van der Waals surface area contributed by atoms with Gasteiger partial charge in [-0.3, -0.25) is 14.9 Å². The molecule has 2 aromatic heterocycles. The Hall–Kier alpha value is -2.92. The lowest BCUT2D eigenvalue weighted by Gasteiger charge is -2.31. The van der Waals surface area contributed by atoms with Crippen molar-refractivity contribution in [2.75, 3.05) is 24.7 Å². The van der Waals surface area contributed by atoms with Crippen LogP contribution >= 0.6 is 23.1 Å². The van der Waals surface area contributed by atoms with Gasteiger partial charge in [0, 0.05) is 30.0 Å². The number of piperidine rings is 1. The first-order valence-corrected chi connectivity index (χ1v) is 12.8. The predicted octanol–water partition coefficient (Wildman–Crippen LogP) is 4.04. The molecule has 0 bridgehead atoms. The van der Waals surface area contributed by atoms with Gasteiger partial charge < -0.3 is 9.64 Å². The maximum Gasteiger partial charge on any atom is 0.277 e. The first-order chi connectivity index (χ1) is 15.9. The van der Waals surface area contributed by atoms with Gasteiger partial charge in [0.2, 0.25) is 11.1 Å². The average molecular weight is 487 g/mol. The third-order valence-electron chi connectivity index (χ3n) is 5.24. The van der Waals surface area contributed by atoms with E-state index < -0.39 is 0 Å². The number of thiazole rings is 1. The number of likely N-dealkylation sites (tertiary alicyclic amines) is 1. The van der Waals surface area contributed by atoms with Crippen LogP contribution in [0.5, 0.6) is 5.75 Å². The number of nitrogens with zero attached hydrogens (tertiary/aromatic N) is 4. The molecule has 4 rings (SSSR count). The van der Waals surface area contributed by atoms with Gasteiger partial charge in [-0.1, -0.05) is 11.8 Å². The van der Waals surface area contributed by atoms with Gasteiger partial charge in [-0.15, -0.1) is 16.4 Å². The van der Waals surface area contributed by atoms with Crippen molar-refractivity contribution in [3.8, 4) is 5.75 Å². The van der Waals surface area contributed by atoms with Gasteiger partial charge in [-0.25, -0.2) is 10.1 Å². The molecule has 2 amide bonds. The van der Waals surface area contributed by atoms with E-state index in [1.807, 2.05) is 49.3 Å². The third kappa shape index (κ3) is 5.72. The monoisotopic (exact) mass is 486 g/mol. The quantitative estimate of drug-likeness (QED) is 0.485. The molecular weight excluding hydrogens is 460 g/mol. The van der Waals surface area contributed by atoms with Gasteiger partial charge in [0.05, 0.1) is 11.1 Å². The number of amides is 2. The van der Waals surface area contributed by atoms with Crippen molar-refractivity contribution in [2.45, 2.75) is 43.9 Å². The van der Waals surface area contributed by atoms with Crippen LogP contribution in [0.1, 0.15) is 58.5 Å². The number of ether oxygens (including phenoxy) is 1. The van der Waals surface area contributed by atoms with Crippen LogP contribution in [0.15, 0.2) is 34.8 Å². The van der Waals surface area contributed by atoms with Crippen LogP contribution in [0.4, 0.5) is 5.95 Å². The maximum atomic E-state index is 12.9. The summed E-state index contributed by atoms with van der Waals surface area (Å²) in [5.74, 6) is 1.00. The maximum absolute atomic E-state index is 12.9. The zero-order valence-corrected chi connectivity index (χ0v) is 20.3. The fourth-order valence-electron chi connectivity index (χ4n) is 3.60. The number of H-pyrrole nitrogens is 1. The van der Waals surface area contributed by atoms with E-state index in [0.717, 1.165) is 23.6 Å². The Morgan fingerprint density at radius 3 is 2.58 bits per heavy atom. The highest BCUT2D eigenvalue weighted by atomic mass is 32.2. The van der Waals surface area contributed by atoms with Gasteiger partial charge >= 0.3 is 0 Å². The van der Waals surface area contributed by atoms with E-state index in [-0.39, 0.29) is 23.8 Å². The van der Waals surface area contributed by atoms with Crippen LogP contribution in [-0.2, 0) is 0 Å². The molecule has 1 fully saturated rings. The standard InChI is InChI=1S/C22H26N6O3S2/c1-13(2)31-16-6-4-15(5-7-16)20(30)28-10-8-14(9-11-28)19-23-17(12-33-19)18(29)24-21-25-22(32-3)27-26-21/h4-7,12-14H,8-11H2,1-3H3,(H2,24,25,26,27,29). The molecule has 0 unspecified atom stereocenters. The Morgan fingerprint density at radius 1 is 1.21 bits per heavy atom. The molecule has 33 heavy (non-hydrogen) atoms. The molecule has 1 aliphatic rings. The highest BCUT2D eigenvalue weighted by Gasteiger charge is 2.27. The van der Waals surface area contributed by atoms with Gasteiger partial charge in [-0.2, -0.15) is 4.98 Å². The van der Waals surface area contributed by atoms with Gasteiger partial charge in [0.1, 0.15) is 11.4 Å². The molecule has 0 saturated carbocycles. The van der Waals surface area contributed by atoms with E-state index in [0.29, 0.717) is 35.5 Å². The highest BCUT2D eigenvalue weighted by Crippen LogP contribution is 2.31. The molecule has 1 aromatic carbocycles. The minimum atomic E-state index is -0.321. The molecule has 3 heterocycles. The smallest absolute Gasteiger partial charge is 0.277 e. The second-order valence-electron chi connectivity index (χ2n) is 7.95. The fourth-order valence-corrected chi connectivity index (χ4v) is 4.90. The van der Waals surface area contributed by atoms with E-state index in [9.17, 15) is 9.59 Å². The summed E-state index contributed by atoms with van der Waals surface area (Å²) in [6, 6.07) is 7.30. The predicted molar refractivity (Wildman–Crippen MR) is 128 cm³/mol. The molecule has 3 aromatic rings. The van der Waals surface area contributed by atoms with Crippen molar-refractivity contribution in [1.82, 2.24) is 25.1 Å².